The van der Waals surface area contributed by atoms with Crippen LogP contribution in [-0.2, 0) is 37.7 Å². The fraction of sp³-hybridized carbons (Fsp3) is 0.500. The maximum absolute atomic E-state index is 15.6. The van der Waals surface area contributed by atoms with Crippen LogP contribution in [-0.4, -0.2) is 74.8 Å². The molecule has 4 aliphatic heterocycles. The molecule has 3 aromatic rings. The molecule has 60 heavy (non-hydrogen) atoms. The fourth-order valence-electron chi connectivity index (χ4n) is 10.6. The summed E-state index contributed by atoms with van der Waals surface area (Å²) in [6, 6.07) is 22.1. The van der Waals surface area contributed by atoms with Crippen molar-refractivity contribution in [3.05, 3.63) is 107 Å². The second-order valence-corrected chi connectivity index (χ2v) is 23.1. The summed E-state index contributed by atoms with van der Waals surface area (Å²) < 4.78 is 13.0. The SMILES string of the molecule is COc1ccc([Si](C)(C)[C@H]2[C@H](CC(=O)N3Cc4ccccc4C[C@H]3CO)O[C@@]3(C(=O)N(C/C=C(\C)CCC=C(C)C)c4ccc(N5CCCCCCC5=O)cc43)[C@@H]2C)cc1. The van der Waals surface area contributed by atoms with Crippen molar-refractivity contribution in [3.8, 4) is 5.75 Å². The number of nitrogens with zero attached hydrogens (tertiary/aromatic N) is 3. The number of rotatable bonds is 12. The second kappa shape index (κ2) is 18.2. The highest BCUT2D eigenvalue weighted by Crippen LogP contribution is 2.60. The summed E-state index contributed by atoms with van der Waals surface area (Å²) in [4.78, 5) is 49.6. The van der Waals surface area contributed by atoms with Crippen molar-refractivity contribution in [1.82, 2.24) is 4.90 Å². The van der Waals surface area contributed by atoms with Crippen molar-refractivity contribution < 1.29 is 29.0 Å². The molecule has 9 nitrogen and oxygen atoms in total. The van der Waals surface area contributed by atoms with Gasteiger partial charge in [0.2, 0.25) is 11.8 Å². The van der Waals surface area contributed by atoms with Gasteiger partial charge in [0.1, 0.15) is 5.75 Å². The van der Waals surface area contributed by atoms with E-state index in [4.69, 9.17) is 9.47 Å². The Balaban J connectivity index is 1.32. The van der Waals surface area contributed by atoms with Crippen LogP contribution in [0.2, 0.25) is 18.6 Å². The molecule has 1 spiro atoms. The van der Waals surface area contributed by atoms with Crippen molar-refractivity contribution in [2.75, 3.05) is 36.6 Å². The molecule has 2 saturated heterocycles. The Labute approximate surface area is 358 Å². The van der Waals surface area contributed by atoms with Crippen molar-refractivity contribution in [1.29, 1.82) is 0 Å². The molecule has 4 aliphatic rings. The lowest BCUT2D eigenvalue weighted by Gasteiger charge is -2.39. The minimum Gasteiger partial charge on any atom is -0.497 e. The number of anilines is 2. The molecule has 0 radical (unpaired) electrons. The van der Waals surface area contributed by atoms with Crippen LogP contribution < -0.4 is 19.7 Å². The molecule has 2 fully saturated rings. The number of ether oxygens (including phenoxy) is 2. The number of carbonyl (C=O) groups excluding carboxylic acids is 3. The van der Waals surface area contributed by atoms with E-state index in [2.05, 4.69) is 83.3 Å². The standard InChI is InChI=1S/C50H65N3O6Si/c1-34(2)15-14-16-35(3)26-28-52-44-25-20-39(51-27-13-9-8-10-19-46(51)55)30-43(44)50(49(52)57)36(4)48(60(6,7)42-23-21-41(58-5)22-24-42)45(59-50)31-47(56)53-32-38-18-12-11-17-37(38)29-40(53)33-54/h11-12,15,17-18,20-26,30,36,40,45,48,54H,8-10,13-14,16,19,27-29,31-33H2,1-7H3/b35-26+/t36-,40+,45+,48-,50+/m1/s1. The predicted octanol–water partition coefficient (Wildman–Crippen LogP) is 8.58. The van der Waals surface area contributed by atoms with Gasteiger partial charge in [0.05, 0.1) is 46.0 Å². The van der Waals surface area contributed by atoms with Gasteiger partial charge in [0.15, 0.2) is 5.60 Å². The summed E-state index contributed by atoms with van der Waals surface area (Å²) in [5.74, 6) is 0.367. The first-order valence-electron chi connectivity index (χ1n) is 22.2. The van der Waals surface area contributed by atoms with Crippen molar-refractivity contribution in [3.63, 3.8) is 0 Å². The quantitative estimate of drug-likeness (QED) is 0.145. The highest BCUT2D eigenvalue weighted by Gasteiger charge is 2.66. The Morgan fingerprint density at radius 1 is 0.967 bits per heavy atom. The number of methoxy groups -OCH3 is 1. The Morgan fingerprint density at radius 3 is 2.42 bits per heavy atom. The molecule has 320 valence electrons. The van der Waals surface area contributed by atoms with Crippen LogP contribution in [0.5, 0.6) is 5.75 Å². The van der Waals surface area contributed by atoms with Crippen LogP contribution in [0.25, 0.3) is 0 Å². The Kier molecular flexibility index (Phi) is 13.2. The van der Waals surface area contributed by atoms with Crippen molar-refractivity contribution >= 4 is 42.4 Å². The lowest BCUT2D eigenvalue weighted by atomic mass is 9.82. The van der Waals surface area contributed by atoms with Crippen LogP contribution in [0.1, 0.15) is 95.8 Å². The lowest BCUT2D eigenvalue weighted by molar-refractivity contribution is -0.150. The Hall–Kier alpha value is -4.51. The van der Waals surface area contributed by atoms with Gasteiger partial charge in [-0.3, -0.25) is 14.4 Å². The minimum absolute atomic E-state index is 0.0816. The number of aliphatic hydroxyl groups excluding tert-OH is 1. The Morgan fingerprint density at radius 2 is 1.70 bits per heavy atom. The first-order valence-corrected chi connectivity index (χ1v) is 25.2. The lowest BCUT2D eigenvalue weighted by Crippen LogP contribution is -2.52. The van der Waals surface area contributed by atoms with Gasteiger partial charge in [0, 0.05) is 43.2 Å². The summed E-state index contributed by atoms with van der Waals surface area (Å²) in [6.07, 6.45) is 10.8. The number of carbonyl (C=O) groups is 3. The van der Waals surface area contributed by atoms with Crippen molar-refractivity contribution in [2.45, 2.75) is 128 Å². The maximum Gasteiger partial charge on any atom is 0.264 e. The molecule has 7 rings (SSSR count). The average molecular weight is 832 g/mol. The van der Waals surface area contributed by atoms with Crippen molar-refractivity contribution in [2.24, 2.45) is 5.92 Å². The molecule has 0 saturated carbocycles. The predicted molar refractivity (Wildman–Crippen MR) is 242 cm³/mol. The zero-order valence-electron chi connectivity index (χ0n) is 36.8. The van der Waals surface area contributed by atoms with E-state index in [1.54, 1.807) is 7.11 Å². The highest BCUT2D eigenvalue weighted by atomic mass is 28.3. The molecule has 10 heteroatoms. The number of amides is 3. The average Bonchev–Trinajstić information content (AvgIpc) is 3.66. The summed E-state index contributed by atoms with van der Waals surface area (Å²) in [6.45, 7) is 14.5. The normalized spacial score (nSPS) is 24.6. The minimum atomic E-state index is -2.56. The van der Waals surface area contributed by atoms with Gasteiger partial charge in [-0.2, -0.15) is 0 Å². The number of fused-ring (bicyclic) bond motifs is 3. The number of hydrogen-bond acceptors (Lipinski definition) is 6. The third-order valence-corrected chi connectivity index (χ3v) is 18.3. The van der Waals surface area contributed by atoms with E-state index >= 15 is 4.79 Å². The molecule has 3 aromatic carbocycles. The first kappa shape index (κ1) is 43.6. The topological polar surface area (TPSA) is 99.6 Å². The smallest absolute Gasteiger partial charge is 0.264 e. The van der Waals surface area contributed by atoms with Gasteiger partial charge >= 0.3 is 0 Å². The van der Waals surface area contributed by atoms with E-state index in [1.165, 1.54) is 16.3 Å². The summed E-state index contributed by atoms with van der Waals surface area (Å²) >= 11 is 0. The second-order valence-electron chi connectivity index (χ2n) is 18.4. The molecule has 1 N–H and O–H groups in total. The van der Waals surface area contributed by atoms with Crippen LogP contribution in [0.4, 0.5) is 11.4 Å². The molecule has 5 atom stereocenters. The highest BCUT2D eigenvalue weighted by molar-refractivity contribution is 6.91. The van der Waals surface area contributed by atoms with Gasteiger partial charge in [0.25, 0.3) is 5.91 Å². The molecular weight excluding hydrogens is 767 g/mol. The number of aliphatic hydroxyl groups is 1. The maximum atomic E-state index is 15.6. The number of benzene rings is 3. The van der Waals surface area contributed by atoms with E-state index < -0.39 is 19.8 Å². The van der Waals surface area contributed by atoms with Crippen LogP contribution in [0.3, 0.4) is 0 Å². The summed E-state index contributed by atoms with van der Waals surface area (Å²) in [7, 11) is -0.892. The third kappa shape index (κ3) is 8.39. The monoisotopic (exact) mass is 831 g/mol. The van der Waals surface area contributed by atoms with Gasteiger partial charge in [-0.15, -0.1) is 0 Å². The number of allylic oxidation sites excluding steroid dienone is 3. The molecule has 3 amide bonds. The van der Waals surface area contributed by atoms with Crippen LogP contribution in [0, 0.1) is 5.92 Å². The van der Waals surface area contributed by atoms with E-state index in [1.807, 2.05) is 51.1 Å². The zero-order valence-corrected chi connectivity index (χ0v) is 37.8. The summed E-state index contributed by atoms with van der Waals surface area (Å²) in [5.41, 5.74) is 5.58. The molecule has 4 heterocycles. The van der Waals surface area contributed by atoms with Gasteiger partial charge < -0.3 is 29.3 Å². The van der Waals surface area contributed by atoms with Crippen LogP contribution >= 0.6 is 0 Å². The summed E-state index contributed by atoms with van der Waals surface area (Å²) in [5, 5.41) is 11.8. The molecule has 0 unspecified atom stereocenters. The van der Waals surface area contributed by atoms with E-state index in [-0.39, 0.29) is 48.3 Å². The first-order chi connectivity index (χ1) is 28.8. The molecule has 0 bridgehead atoms. The molecule has 0 aliphatic carbocycles. The van der Waals surface area contributed by atoms with Crippen LogP contribution in [0.15, 0.2) is 90.0 Å². The van der Waals surface area contributed by atoms with Gasteiger partial charge in [-0.25, -0.2) is 0 Å². The van der Waals surface area contributed by atoms with E-state index in [0.717, 1.165) is 72.3 Å². The molecule has 0 aromatic heterocycles. The Bertz CT molecular complexity index is 2130. The molecular formula is C50H65N3O6Si. The third-order valence-electron chi connectivity index (χ3n) is 13.9. The number of hydrogen-bond donors (Lipinski definition) is 1. The zero-order chi connectivity index (χ0) is 42.8. The largest absolute Gasteiger partial charge is 0.497 e. The van der Waals surface area contributed by atoms with Gasteiger partial charge in [-0.05, 0) is 99.9 Å². The van der Waals surface area contributed by atoms with E-state index in [9.17, 15) is 14.7 Å². The van der Waals surface area contributed by atoms with Gasteiger partial charge in [-0.1, -0.05) is 97.7 Å². The fourth-order valence-corrected chi connectivity index (χ4v) is 14.6. The van der Waals surface area contributed by atoms with E-state index in [0.29, 0.717) is 32.5 Å².